The largest absolute Gasteiger partial charge is 0.478 e. The topological polar surface area (TPSA) is 58.5 Å². The summed E-state index contributed by atoms with van der Waals surface area (Å²) in [5, 5.41) is 10.4. The standard InChI is InChI=1S/C14H10ClN3O2/c15-11-5-4-10(8-16-11)9-18-12-3-1-2-6-17(12)13(19)7-14(18)20/h1-8H,9H2/p+1. The lowest BCUT2D eigenvalue weighted by atomic mass is 10.3. The molecule has 0 saturated heterocycles. The smallest absolute Gasteiger partial charge is 0.346 e. The van der Waals surface area contributed by atoms with Gasteiger partial charge in [-0.25, -0.2) is 9.78 Å². The highest BCUT2D eigenvalue weighted by molar-refractivity contribution is 6.29. The van der Waals surface area contributed by atoms with Crippen LogP contribution in [0.5, 0.6) is 5.88 Å². The van der Waals surface area contributed by atoms with Crippen molar-refractivity contribution >= 4 is 17.2 Å². The number of aromatic nitrogens is 3. The lowest BCUT2D eigenvalue weighted by Crippen LogP contribution is -2.40. The molecular formula is C14H11ClN3O2+. The SMILES string of the molecule is O=c1cc(O)[n+](Cc2ccc(Cl)nc2)c2ccccn12. The van der Waals surface area contributed by atoms with E-state index in [1.165, 1.54) is 10.5 Å². The van der Waals surface area contributed by atoms with Gasteiger partial charge >= 0.3 is 5.56 Å². The average molecular weight is 289 g/mol. The summed E-state index contributed by atoms with van der Waals surface area (Å²) in [6, 6.07) is 10.0. The molecule has 1 N–H and O–H groups in total. The summed E-state index contributed by atoms with van der Waals surface area (Å²) in [5.74, 6) is -0.0869. The van der Waals surface area contributed by atoms with E-state index >= 15 is 0 Å². The van der Waals surface area contributed by atoms with Gasteiger partial charge in [-0.15, -0.1) is 0 Å². The Balaban J connectivity index is 2.16. The maximum atomic E-state index is 11.8. The summed E-state index contributed by atoms with van der Waals surface area (Å²) in [7, 11) is 0. The predicted octanol–water partition coefficient (Wildman–Crippen LogP) is 1.39. The molecule has 0 aromatic carbocycles. The van der Waals surface area contributed by atoms with Crippen LogP contribution in [-0.2, 0) is 6.54 Å². The number of pyridine rings is 2. The van der Waals surface area contributed by atoms with E-state index in [1.807, 2.05) is 12.1 Å². The number of hydrogen-bond acceptors (Lipinski definition) is 3. The van der Waals surface area contributed by atoms with Crippen LogP contribution < -0.4 is 10.1 Å². The number of rotatable bonds is 2. The molecular weight excluding hydrogens is 278 g/mol. The number of hydrogen-bond donors (Lipinski definition) is 1. The highest BCUT2D eigenvalue weighted by atomic mass is 35.5. The van der Waals surface area contributed by atoms with Gasteiger partial charge in [0.05, 0.1) is 6.20 Å². The lowest BCUT2D eigenvalue weighted by Gasteiger charge is -2.05. The highest BCUT2D eigenvalue weighted by Crippen LogP contribution is 2.08. The molecule has 0 amide bonds. The fraction of sp³-hybridized carbons (Fsp3) is 0.0714. The van der Waals surface area contributed by atoms with Crippen molar-refractivity contribution in [3.63, 3.8) is 0 Å². The van der Waals surface area contributed by atoms with Crippen LogP contribution in [0.1, 0.15) is 5.56 Å². The van der Waals surface area contributed by atoms with E-state index in [0.717, 1.165) is 5.56 Å². The van der Waals surface area contributed by atoms with Gasteiger partial charge in [0.1, 0.15) is 17.8 Å². The Labute approximate surface area is 119 Å². The van der Waals surface area contributed by atoms with Crippen LogP contribution in [0.15, 0.2) is 53.6 Å². The normalized spacial score (nSPS) is 10.8. The zero-order valence-corrected chi connectivity index (χ0v) is 11.2. The van der Waals surface area contributed by atoms with E-state index in [4.69, 9.17) is 11.6 Å². The maximum absolute atomic E-state index is 11.8. The van der Waals surface area contributed by atoms with Gasteiger partial charge in [0.25, 0.3) is 11.5 Å². The molecule has 3 rings (SSSR count). The third-order valence-corrected chi connectivity index (χ3v) is 3.23. The fourth-order valence-electron chi connectivity index (χ4n) is 2.06. The molecule has 5 nitrogen and oxygen atoms in total. The van der Waals surface area contributed by atoms with Gasteiger partial charge in [-0.3, -0.25) is 0 Å². The van der Waals surface area contributed by atoms with Gasteiger partial charge < -0.3 is 5.11 Å². The first-order chi connectivity index (χ1) is 9.65. The summed E-state index contributed by atoms with van der Waals surface area (Å²) in [6.07, 6.45) is 3.30. The molecule has 6 heteroatoms. The van der Waals surface area contributed by atoms with Gasteiger partial charge in [-0.1, -0.05) is 23.7 Å². The van der Waals surface area contributed by atoms with Crippen molar-refractivity contribution in [2.24, 2.45) is 0 Å². The molecule has 3 aromatic rings. The molecule has 0 radical (unpaired) electrons. The first-order valence-corrected chi connectivity index (χ1v) is 6.36. The first kappa shape index (κ1) is 12.6. The molecule has 3 aromatic heterocycles. The minimum Gasteiger partial charge on any atom is -0.478 e. The summed E-state index contributed by atoms with van der Waals surface area (Å²) in [4.78, 5) is 15.8. The summed E-state index contributed by atoms with van der Waals surface area (Å²) in [6.45, 7) is 0.393. The zero-order chi connectivity index (χ0) is 14.1. The van der Waals surface area contributed by atoms with E-state index in [-0.39, 0.29) is 11.4 Å². The Morgan fingerprint density at radius 2 is 2.15 bits per heavy atom. The molecule has 100 valence electrons. The Hall–Kier alpha value is -2.40. The molecule has 3 heterocycles. The summed E-state index contributed by atoms with van der Waals surface area (Å²) in [5.41, 5.74) is 1.20. The van der Waals surface area contributed by atoms with Crippen molar-refractivity contribution < 1.29 is 9.67 Å². The molecule has 0 aliphatic rings. The van der Waals surface area contributed by atoms with Crippen LogP contribution in [0.25, 0.3) is 5.65 Å². The number of nitrogens with zero attached hydrogens (tertiary/aromatic N) is 3. The van der Waals surface area contributed by atoms with Crippen LogP contribution in [-0.4, -0.2) is 14.5 Å². The summed E-state index contributed by atoms with van der Waals surface area (Å²) >= 11 is 5.75. The molecule has 0 aliphatic heterocycles. The van der Waals surface area contributed by atoms with Gasteiger partial charge in [0.15, 0.2) is 0 Å². The minimum absolute atomic E-state index is 0.0869. The second-order valence-corrected chi connectivity index (χ2v) is 4.73. The fourth-order valence-corrected chi connectivity index (χ4v) is 2.17. The van der Waals surface area contributed by atoms with Crippen LogP contribution >= 0.6 is 11.6 Å². The van der Waals surface area contributed by atoms with E-state index < -0.39 is 0 Å². The van der Waals surface area contributed by atoms with E-state index in [2.05, 4.69) is 4.98 Å². The molecule has 0 saturated carbocycles. The second-order valence-electron chi connectivity index (χ2n) is 4.34. The Bertz CT molecular complexity index is 828. The van der Waals surface area contributed by atoms with Crippen molar-refractivity contribution in [1.82, 2.24) is 9.38 Å². The minimum atomic E-state index is -0.274. The molecule has 0 bridgehead atoms. The van der Waals surface area contributed by atoms with Crippen molar-refractivity contribution in [2.75, 3.05) is 0 Å². The van der Waals surface area contributed by atoms with Crippen LogP contribution in [0.3, 0.4) is 0 Å². The Morgan fingerprint density at radius 3 is 2.90 bits per heavy atom. The van der Waals surface area contributed by atoms with Crippen molar-refractivity contribution in [1.29, 1.82) is 0 Å². The molecule has 0 aliphatic carbocycles. The molecule has 0 unspecified atom stereocenters. The van der Waals surface area contributed by atoms with Gasteiger partial charge in [0, 0.05) is 17.8 Å². The van der Waals surface area contributed by atoms with Crippen molar-refractivity contribution in [3.8, 4) is 5.88 Å². The first-order valence-electron chi connectivity index (χ1n) is 5.99. The molecule has 0 atom stereocenters. The van der Waals surface area contributed by atoms with Crippen molar-refractivity contribution in [3.05, 3.63) is 69.9 Å². The quantitative estimate of drug-likeness (QED) is 0.573. The van der Waals surface area contributed by atoms with Gasteiger partial charge in [-0.05, 0) is 12.1 Å². The van der Waals surface area contributed by atoms with Crippen LogP contribution in [0.2, 0.25) is 5.15 Å². The molecule has 0 spiro atoms. The van der Waals surface area contributed by atoms with Crippen LogP contribution in [0.4, 0.5) is 0 Å². The van der Waals surface area contributed by atoms with E-state index in [1.54, 1.807) is 35.2 Å². The van der Waals surface area contributed by atoms with E-state index in [9.17, 15) is 9.90 Å². The predicted molar refractivity (Wildman–Crippen MR) is 73.9 cm³/mol. The number of halogens is 1. The molecule has 20 heavy (non-hydrogen) atoms. The number of fused-ring (bicyclic) bond motifs is 1. The monoisotopic (exact) mass is 288 g/mol. The Kier molecular flexibility index (Phi) is 3.12. The summed E-state index contributed by atoms with van der Waals surface area (Å²) < 4.78 is 3.11. The van der Waals surface area contributed by atoms with Gasteiger partial charge in [0.2, 0.25) is 0 Å². The molecule has 0 fully saturated rings. The zero-order valence-electron chi connectivity index (χ0n) is 10.4. The second kappa shape index (κ2) is 4.94. The highest BCUT2D eigenvalue weighted by Gasteiger charge is 2.16. The third kappa shape index (κ3) is 2.23. The average Bonchev–Trinajstić information content (AvgIpc) is 2.45. The Morgan fingerprint density at radius 1 is 1.30 bits per heavy atom. The number of aromatic hydroxyl groups is 1. The third-order valence-electron chi connectivity index (χ3n) is 3.01. The maximum Gasteiger partial charge on any atom is 0.346 e. The van der Waals surface area contributed by atoms with E-state index in [0.29, 0.717) is 17.3 Å². The van der Waals surface area contributed by atoms with Crippen LogP contribution in [0, 0.1) is 0 Å². The van der Waals surface area contributed by atoms with Gasteiger partial charge in [-0.2, -0.15) is 8.97 Å². The van der Waals surface area contributed by atoms with Crippen molar-refractivity contribution in [2.45, 2.75) is 6.54 Å². The lowest BCUT2D eigenvalue weighted by molar-refractivity contribution is -0.672.